The predicted octanol–water partition coefficient (Wildman–Crippen LogP) is 3.51. The SMILES string of the molecule is CN(C(=O)/C=C/c1ccoc1)C1CC[C@]2(O)[C@@H]3Cc4ccc(O)c5c4[C@@]2(CCN3CC2CC2)[C@H]1O5.Cl. The molecule has 3 fully saturated rings. The van der Waals surface area contributed by atoms with Crippen LogP contribution in [0.2, 0.25) is 0 Å². The second-order valence-corrected chi connectivity index (χ2v) is 11.2. The molecule has 36 heavy (non-hydrogen) atoms. The number of ether oxygens (including phenoxy) is 1. The molecule has 5 aliphatic rings. The van der Waals surface area contributed by atoms with E-state index in [9.17, 15) is 15.0 Å². The molecule has 2 aromatic rings. The molecule has 8 heteroatoms. The van der Waals surface area contributed by atoms with E-state index in [-0.39, 0.29) is 36.1 Å². The van der Waals surface area contributed by atoms with Crippen molar-refractivity contribution in [2.75, 3.05) is 20.1 Å². The van der Waals surface area contributed by atoms with Crippen LogP contribution in [0, 0.1) is 5.92 Å². The number of phenols is 1. The molecule has 2 aliphatic heterocycles. The van der Waals surface area contributed by atoms with E-state index in [1.165, 1.54) is 18.4 Å². The van der Waals surface area contributed by atoms with Gasteiger partial charge >= 0.3 is 0 Å². The fourth-order valence-corrected chi connectivity index (χ4v) is 7.67. The van der Waals surface area contributed by atoms with E-state index in [2.05, 4.69) is 4.90 Å². The van der Waals surface area contributed by atoms with Gasteiger partial charge in [-0.2, -0.15) is 0 Å². The number of likely N-dealkylation sites (tertiary alicyclic amines) is 1. The second-order valence-electron chi connectivity index (χ2n) is 11.2. The summed E-state index contributed by atoms with van der Waals surface area (Å²) >= 11 is 0. The summed E-state index contributed by atoms with van der Waals surface area (Å²) in [7, 11) is 1.82. The molecule has 192 valence electrons. The Morgan fingerprint density at radius 3 is 2.83 bits per heavy atom. The number of rotatable bonds is 5. The average molecular weight is 513 g/mol. The number of benzene rings is 1. The first-order valence-electron chi connectivity index (χ1n) is 12.9. The van der Waals surface area contributed by atoms with Gasteiger partial charge in [-0.3, -0.25) is 9.69 Å². The van der Waals surface area contributed by atoms with Crippen LogP contribution in [0.4, 0.5) is 0 Å². The van der Waals surface area contributed by atoms with E-state index in [0.29, 0.717) is 18.6 Å². The molecule has 5 atom stereocenters. The van der Waals surface area contributed by atoms with Crippen molar-refractivity contribution in [2.24, 2.45) is 5.92 Å². The lowest BCUT2D eigenvalue weighted by Crippen LogP contribution is -2.78. The molecule has 0 radical (unpaired) electrons. The van der Waals surface area contributed by atoms with Crippen molar-refractivity contribution in [3.8, 4) is 11.5 Å². The molecule has 2 N–H and O–H groups in total. The highest BCUT2D eigenvalue weighted by atomic mass is 35.5. The molecule has 1 aromatic carbocycles. The first-order chi connectivity index (χ1) is 16.9. The minimum absolute atomic E-state index is 0. The minimum atomic E-state index is -0.941. The topological polar surface area (TPSA) is 86.4 Å². The van der Waals surface area contributed by atoms with Crippen molar-refractivity contribution >= 4 is 24.4 Å². The number of halogens is 1. The number of carbonyl (C=O) groups excluding carboxylic acids is 1. The summed E-state index contributed by atoms with van der Waals surface area (Å²) in [6, 6.07) is 5.38. The number of phenolic OH excluding ortho intramolecular Hbond substituents is 1. The van der Waals surface area contributed by atoms with Gasteiger partial charge in [0.05, 0.1) is 29.6 Å². The first kappa shape index (κ1) is 23.9. The number of amides is 1. The number of furan rings is 1. The quantitative estimate of drug-likeness (QED) is 0.596. The van der Waals surface area contributed by atoms with Crippen LogP contribution in [-0.2, 0) is 16.6 Å². The third-order valence-corrected chi connectivity index (χ3v) is 9.54. The number of carbonyl (C=O) groups is 1. The van der Waals surface area contributed by atoms with E-state index in [1.807, 2.05) is 19.2 Å². The number of piperidine rings is 1. The molecule has 3 heterocycles. The predicted molar refractivity (Wildman–Crippen MR) is 136 cm³/mol. The standard InChI is InChI=1S/C28H32N2O5.ClH/c1-29(23(32)7-4-18-9-13-34-16-18)20-8-10-28(33)22-14-19-5-6-21(31)25-24(19)27(28,26(20)35-25)11-12-30(22)15-17-2-3-17;/h4-7,9,13,16-17,20,22,26,31,33H,2-3,8,10-12,14-15H2,1H3;1H/b7-4+;/t20?,22-,26-,27-,28-;/m0./s1. The van der Waals surface area contributed by atoms with E-state index < -0.39 is 17.1 Å². The summed E-state index contributed by atoms with van der Waals surface area (Å²) in [6.07, 6.45) is 11.5. The Hall–Kier alpha value is -2.48. The van der Waals surface area contributed by atoms with Crippen LogP contribution in [0.3, 0.4) is 0 Å². The van der Waals surface area contributed by atoms with Crippen molar-refractivity contribution in [1.29, 1.82) is 0 Å². The van der Waals surface area contributed by atoms with Crippen LogP contribution >= 0.6 is 12.4 Å². The minimum Gasteiger partial charge on any atom is -0.504 e. The highest BCUT2D eigenvalue weighted by Crippen LogP contribution is 2.66. The summed E-state index contributed by atoms with van der Waals surface area (Å²) in [5.41, 5.74) is 1.44. The number of aliphatic hydroxyl groups is 1. The van der Waals surface area contributed by atoms with Crippen molar-refractivity contribution in [3.63, 3.8) is 0 Å². The van der Waals surface area contributed by atoms with E-state index in [0.717, 1.165) is 43.0 Å². The van der Waals surface area contributed by atoms with Gasteiger partial charge in [0.15, 0.2) is 11.5 Å². The van der Waals surface area contributed by atoms with Gasteiger partial charge in [-0.25, -0.2) is 0 Å². The molecule has 1 aromatic heterocycles. The van der Waals surface area contributed by atoms with Crippen LogP contribution in [0.5, 0.6) is 11.5 Å². The fourth-order valence-electron chi connectivity index (χ4n) is 7.67. The fraction of sp³-hybridized carbons (Fsp3) is 0.536. The van der Waals surface area contributed by atoms with Gasteiger partial charge in [0.1, 0.15) is 6.10 Å². The van der Waals surface area contributed by atoms with E-state index in [4.69, 9.17) is 9.15 Å². The third kappa shape index (κ3) is 3.15. The van der Waals surface area contributed by atoms with Gasteiger partial charge in [0, 0.05) is 36.8 Å². The van der Waals surface area contributed by atoms with Crippen LogP contribution in [-0.4, -0.2) is 69.8 Å². The third-order valence-electron chi connectivity index (χ3n) is 9.54. The second kappa shape index (κ2) is 8.27. The van der Waals surface area contributed by atoms with Crippen LogP contribution in [0.15, 0.2) is 41.2 Å². The van der Waals surface area contributed by atoms with Crippen LogP contribution in [0.25, 0.3) is 6.08 Å². The van der Waals surface area contributed by atoms with E-state index in [1.54, 1.807) is 35.6 Å². The van der Waals surface area contributed by atoms with Crippen molar-refractivity contribution in [2.45, 2.75) is 67.7 Å². The largest absolute Gasteiger partial charge is 0.504 e. The van der Waals surface area contributed by atoms with Crippen molar-refractivity contribution in [1.82, 2.24) is 9.80 Å². The molecule has 1 saturated heterocycles. The van der Waals surface area contributed by atoms with Gasteiger partial charge in [-0.15, -0.1) is 12.4 Å². The number of likely N-dealkylation sites (N-methyl/N-ethyl adjacent to an activating group) is 1. The molecule has 1 spiro atoms. The Balaban J connectivity index is 0.00000240. The number of hydrogen-bond acceptors (Lipinski definition) is 6. The Morgan fingerprint density at radius 1 is 1.25 bits per heavy atom. The van der Waals surface area contributed by atoms with Gasteiger partial charge in [-0.1, -0.05) is 6.07 Å². The molecule has 2 saturated carbocycles. The Bertz CT molecular complexity index is 1210. The van der Waals surface area contributed by atoms with Gasteiger partial charge < -0.3 is 24.3 Å². The lowest BCUT2D eigenvalue weighted by molar-refractivity contribution is -0.200. The van der Waals surface area contributed by atoms with Crippen molar-refractivity contribution in [3.05, 3.63) is 53.5 Å². The van der Waals surface area contributed by atoms with Crippen LogP contribution in [0.1, 0.15) is 48.8 Å². The maximum absolute atomic E-state index is 13.2. The Kier molecular flexibility index (Phi) is 5.49. The number of aromatic hydroxyl groups is 1. The normalized spacial score (nSPS) is 34.1. The number of nitrogens with zero attached hydrogens (tertiary/aromatic N) is 2. The van der Waals surface area contributed by atoms with Gasteiger partial charge in [-0.05, 0) is 74.8 Å². The first-order valence-corrected chi connectivity index (χ1v) is 12.9. The van der Waals surface area contributed by atoms with Gasteiger partial charge in [0.25, 0.3) is 0 Å². The molecule has 1 amide bonds. The van der Waals surface area contributed by atoms with Crippen molar-refractivity contribution < 1.29 is 24.2 Å². The lowest BCUT2D eigenvalue weighted by atomic mass is 9.48. The maximum atomic E-state index is 13.2. The molecule has 7 nitrogen and oxygen atoms in total. The summed E-state index contributed by atoms with van der Waals surface area (Å²) in [4.78, 5) is 17.5. The molecule has 3 aliphatic carbocycles. The Morgan fingerprint density at radius 2 is 2.08 bits per heavy atom. The monoisotopic (exact) mass is 512 g/mol. The molecular weight excluding hydrogens is 480 g/mol. The molecule has 2 bridgehead atoms. The van der Waals surface area contributed by atoms with E-state index >= 15 is 0 Å². The smallest absolute Gasteiger partial charge is 0.246 e. The summed E-state index contributed by atoms with van der Waals surface area (Å²) in [6.45, 7) is 1.96. The zero-order chi connectivity index (χ0) is 23.9. The van der Waals surface area contributed by atoms with Crippen LogP contribution < -0.4 is 4.74 Å². The lowest BCUT2D eigenvalue weighted by Gasteiger charge is -2.64. The average Bonchev–Trinajstić information content (AvgIpc) is 3.36. The summed E-state index contributed by atoms with van der Waals surface area (Å²) in [5, 5.41) is 23.3. The zero-order valence-corrected chi connectivity index (χ0v) is 21.2. The summed E-state index contributed by atoms with van der Waals surface area (Å²) in [5.74, 6) is 1.28. The molecular formula is C28H33ClN2O5. The molecule has 1 unspecified atom stereocenters. The summed E-state index contributed by atoms with van der Waals surface area (Å²) < 4.78 is 11.7. The molecule has 7 rings (SSSR count). The maximum Gasteiger partial charge on any atom is 0.246 e. The number of hydrogen-bond donors (Lipinski definition) is 2. The highest BCUT2D eigenvalue weighted by molar-refractivity contribution is 5.92. The highest BCUT2D eigenvalue weighted by Gasteiger charge is 2.73. The zero-order valence-electron chi connectivity index (χ0n) is 20.4. The van der Waals surface area contributed by atoms with Gasteiger partial charge in [0.2, 0.25) is 5.91 Å². The Labute approximate surface area is 217 Å².